The lowest BCUT2D eigenvalue weighted by molar-refractivity contribution is -0.150. The zero-order chi connectivity index (χ0) is 13.9. The van der Waals surface area contributed by atoms with Crippen LogP contribution >= 0.6 is 0 Å². The SMILES string of the molecule is CCC1CC1NC(=O)NCC1(C(=O)O)CCCCC1. The maximum atomic E-state index is 11.7. The molecule has 0 spiro atoms. The number of amides is 2. The van der Waals surface area contributed by atoms with E-state index in [0.29, 0.717) is 18.8 Å². The van der Waals surface area contributed by atoms with Crippen LogP contribution < -0.4 is 10.6 Å². The molecular formula is C14H24N2O3. The van der Waals surface area contributed by atoms with Gasteiger partial charge in [0.2, 0.25) is 0 Å². The molecule has 0 saturated heterocycles. The molecule has 0 radical (unpaired) electrons. The molecule has 5 heteroatoms. The summed E-state index contributed by atoms with van der Waals surface area (Å²) in [6.45, 7) is 2.36. The van der Waals surface area contributed by atoms with Gasteiger partial charge in [-0.3, -0.25) is 4.79 Å². The van der Waals surface area contributed by atoms with Crippen LogP contribution in [-0.2, 0) is 4.79 Å². The Kier molecular flexibility index (Phi) is 4.32. The molecule has 2 aliphatic rings. The van der Waals surface area contributed by atoms with E-state index in [0.717, 1.165) is 32.1 Å². The van der Waals surface area contributed by atoms with Crippen LogP contribution in [0.5, 0.6) is 0 Å². The Balaban J connectivity index is 1.79. The Morgan fingerprint density at radius 2 is 1.95 bits per heavy atom. The van der Waals surface area contributed by atoms with Gasteiger partial charge in [0.05, 0.1) is 5.41 Å². The molecule has 2 saturated carbocycles. The second-order valence-electron chi connectivity index (χ2n) is 5.98. The normalized spacial score (nSPS) is 28.5. The summed E-state index contributed by atoms with van der Waals surface area (Å²) in [5.41, 5.74) is -0.747. The summed E-state index contributed by atoms with van der Waals surface area (Å²) in [5, 5.41) is 15.1. The molecule has 19 heavy (non-hydrogen) atoms. The van der Waals surface area contributed by atoms with Gasteiger partial charge in [-0.15, -0.1) is 0 Å². The highest BCUT2D eigenvalue weighted by molar-refractivity contribution is 5.78. The number of hydrogen-bond donors (Lipinski definition) is 3. The van der Waals surface area contributed by atoms with Crippen LogP contribution in [-0.4, -0.2) is 29.7 Å². The Morgan fingerprint density at radius 1 is 1.26 bits per heavy atom. The number of carbonyl (C=O) groups is 2. The van der Waals surface area contributed by atoms with Crippen molar-refractivity contribution in [2.24, 2.45) is 11.3 Å². The lowest BCUT2D eigenvalue weighted by atomic mass is 9.74. The van der Waals surface area contributed by atoms with Crippen molar-refractivity contribution in [2.75, 3.05) is 6.54 Å². The molecule has 0 aliphatic heterocycles. The van der Waals surface area contributed by atoms with Gasteiger partial charge in [0.1, 0.15) is 0 Å². The van der Waals surface area contributed by atoms with Gasteiger partial charge >= 0.3 is 12.0 Å². The van der Waals surface area contributed by atoms with E-state index >= 15 is 0 Å². The van der Waals surface area contributed by atoms with Crippen molar-refractivity contribution < 1.29 is 14.7 Å². The van der Waals surface area contributed by atoms with E-state index in [1.165, 1.54) is 0 Å². The van der Waals surface area contributed by atoms with Gasteiger partial charge in [0.25, 0.3) is 0 Å². The maximum Gasteiger partial charge on any atom is 0.315 e. The molecule has 2 aliphatic carbocycles. The molecule has 3 N–H and O–H groups in total. The summed E-state index contributed by atoms with van der Waals surface area (Å²) < 4.78 is 0. The van der Waals surface area contributed by atoms with Crippen LogP contribution in [0.1, 0.15) is 51.9 Å². The fourth-order valence-corrected chi connectivity index (χ4v) is 3.04. The third-order valence-corrected chi connectivity index (χ3v) is 4.62. The lowest BCUT2D eigenvalue weighted by Crippen LogP contribution is -2.47. The van der Waals surface area contributed by atoms with E-state index in [1.807, 2.05) is 0 Å². The van der Waals surface area contributed by atoms with Gasteiger partial charge in [0.15, 0.2) is 0 Å². The van der Waals surface area contributed by atoms with Crippen molar-refractivity contribution in [3.63, 3.8) is 0 Å². The summed E-state index contributed by atoms with van der Waals surface area (Å²) in [6, 6.07) is 0.0734. The summed E-state index contributed by atoms with van der Waals surface area (Å²) in [5.74, 6) is -0.167. The Bertz CT molecular complexity index is 351. The quantitative estimate of drug-likeness (QED) is 0.714. The summed E-state index contributed by atoms with van der Waals surface area (Å²) >= 11 is 0. The molecule has 0 heterocycles. The van der Waals surface area contributed by atoms with Gasteiger partial charge in [-0.05, 0) is 25.2 Å². The van der Waals surface area contributed by atoms with E-state index in [1.54, 1.807) is 0 Å². The van der Waals surface area contributed by atoms with Crippen molar-refractivity contribution in [1.29, 1.82) is 0 Å². The monoisotopic (exact) mass is 268 g/mol. The molecule has 0 bridgehead atoms. The minimum Gasteiger partial charge on any atom is -0.481 e. The highest BCUT2D eigenvalue weighted by Gasteiger charge is 2.41. The molecule has 0 aromatic rings. The molecule has 5 nitrogen and oxygen atoms in total. The highest BCUT2D eigenvalue weighted by atomic mass is 16.4. The van der Waals surface area contributed by atoms with E-state index in [-0.39, 0.29) is 18.6 Å². The van der Waals surface area contributed by atoms with Gasteiger partial charge < -0.3 is 15.7 Å². The van der Waals surface area contributed by atoms with Crippen LogP contribution in [0.15, 0.2) is 0 Å². The van der Waals surface area contributed by atoms with E-state index in [4.69, 9.17) is 0 Å². The average molecular weight is 268 g/mol. The molecule has 0 aromatic carbocycles. The predicted octanol–water partition coefficient (Wildman–Crippen LogP) is 2.12. The largest absolute Gasteiger partial charge is 0.481 e. The smallest absolute Gasteiger partial charge is 0.315 e. The highest BCUT2D eigenvalue weighted by Crippen LogP contribution is 2.36. The van der Waals surface area contributed by atoms with Crippen LogP contribution in [0.3, 0.4) is 0 Å². The van der Waals surface area contributed by atoms with E-state index in [9.17, 15) is 14.7 Å². The van der Waals surface area contributed by atoms with Gasteiger partial charge in [-0.2, -0.15) is 0 Å². The predicted molar refractivity (Wildman–Crippen MR) is 71.9 cm³/mol. The minimum atomic E-state index is -0.773. The number of rotatable bonds is 5. The van der Waals surface area contributed by atoms with Crippen molar-refractivity contribution in [2.45, 2.75) is 57.9 Å². The average Bonchev–Trinajstić information content (AvgIpc) is 3.15. The number of hydrogen-bond acceptors (Lipinski definition) is 2. The Morgan fingerprint density at radius 3 is 2.47 bits per heavy atom. The first-order valence-corrected chi connectivity index (χ1v) is 7.35. The summed E-state index contributed by atoms with van der Waals surface area (Å²) in [6.07, 6.45) is 6.46. The topological polar surface area (TPSA) is 78.4 Å². The van der Waals surface area contributed by atoms with Crippen molar-refractivity contribution >= 4 is 12.0 Å². The molecular weight excluding hydrogens is 244 g/mol. The first-order valence-electron chi connectivity index (χ1n) is 7.35. The molecule has 2 amide bonds. The number of nitrogens with one attached hydrogen (secondary N) is 2. The Labute approximate surface area is 114 Å². The summed E-state index contributed by atoms with van der Waals surface area (Å²) in [7, 11) is 0. The first-order chi connectivity index (χ1) is 9.07. The number of urea groups is 1. The van der Waals surface area contributed by atoms with E-state index < -0.39 is 11.4 Å². The third-order valence-electron chi connectivity index (χ3n) is 4.62. The second-order valence-corrected chi connectivity index (χ2v) is 5.98. The molecule has 2 unspecified atom stereocenters. The number of carboxylic acids is 1. The fourth-order valence-electron chi connectivity index (χ4n) is 3.04. The van der Waals surface area contributed by atoms with Gasteiger partial charge in [0, 0.05) is 12.6 Å². The number of carbonyl (C=O) groups excluding carboxylic acids is 1. The first kappa shape index (κ1) is 14.2. The van der Waals surface area contributed by atoms with Gasteiger partial charge in [-0.1, -0.05) is 32.6 Å². The number of carboxylic acid groups (broad SMARTS) is 1. The summed E-state index contributed by atoms with van der Waals surface area (Å²) in [4.78, 5) is 23.2. The van der Waals surface area contributed by atoms with Gasteiger partial charge in [-0.25, -0.2) is 4.79 Å². The maximum absolute atomic E-state index is 11.7. The van der Waals surface area contributed by atoms with Crippen LogP contribution in [0.25, 0.3) is 0 Å². The molecule has 2 fully saturated rings. The zero-order valence-corrected chi connectivity index (χ0v) is 11.6. The van der Waals surface area contributed by atoms with Crippen molar-refractivity contribution in [1.82, 2.24) is 10.6 Å². The van der Waals surface area contributed by atoms with Crippen LogP contribution in [0.4, 0.5) is 4.79 Å². The lowest BCUT2D eigenvalue weighted by Gasteiger charge is -2.33. The third kappa shape index (κ3) is 3.39. The number of aliphatic carboxylic acids is 1. The molecule has 0 aromatic heterocycles. The zero-order valence-electron chi connectivity index (χ0n) is 11.6. The fraction of sp³-hybridized carbons (Fsp3) is 0.857. The van der Waals surface area contributed by atoms with Crippen LogP contribution in [0.2, 0.25) is 0 Å². The second kappa shape index (κ2) is 5.80. The minimum absolute atomic E-state index is 0.216. The van der Waals surface area contributed by atoms with E-state index in [2.05, 4.69) is 17.6 Å². The van der Waals surface area contributed by atoms with Crippen LogP contribution in [0, 0.1) is 11.3 Å². The molecule has 2 atom stereocenters. The Hall–Kier alpha value is -1.26. The molecule has 108 valence electrons. The van der Waals surface area contributed by atoms with Crippen molar-refractivity contribution in [3.8, 4) is 0 Å². The molecule has 2 rings (SSSR count). The van der Waals surface area contributed by atoms with Crippen molar-refractivity contribution in [3.05, 3.63) is 0 Å². The standard InChI is InChI=1S/C14H24N2O3/c1-2-10-8-11(10)16-13(19)15-9-14(12(17)18)6-4-3-5-7-14/h10-11H,2-9H2,1H3,(H,17,18)(H2,15,16,19).